The van der Waals surface area contributed by atoms with E-state index in [0.717, 1.165) is 35.4 Å². The summed E-state index contributed by atoms with van der Waals surface area (Å²) in [7, 11) is 1.62. The molecule has 142 valence electrons. The third-order valence-corrected chi connectivity index (χ3v) is 5.70. The molecular formula is C19H20N2O4S2. The minimum Gasteiger partial charge on any atom is -0.497 e. The summed E-state index contributed by atoms with van der Waals surface area (Å²) in [5.74, 6) is 0.107. The highest BCUT2D eigenvalue weighted by Crippen LogP contribution is 2.37. The molecule has 1 aromatic heterocycles. The molecule has 3 rings (SSSR count). The molecule has 2 N–H and O–H groups in total. The number of aliphatic imine (C=N–C) groups is 1. The lowest BCUT2D eigenvalue weighted by molar-refractivity contribution is -0.137. The Hall–Kier alpha value is -2.45. The van der Waals surface area contributed by atoms with Gasteiger partial charge in [-0.05, 0) is 49.3 Å². The number of aromatic hydroxyl groups is 1. The van der Waals surface area contributed by atoms with Crippen molar-refractivity contribution in [2.75, 3.05) is 7.11 Å². The lowest BCUT2D eigenvalue weighted by Crippen LogP contribution is -1.99. The highest BCUT2D eigenvalue weighted by molar-refractivity contribution is 7.73. The molecule has 0 amide bonds. The summed E-state index contributed by atoms with van der Waals surface area (Å²) in [6.45, 7) is 0.572. The Balaban J connectivity index is 1.76. The van der Waals surface area contributed by atoms with Crippen LogP contribution in [0.3, 0.4) is 0 Å². The first-order chi connectivity index (χ1) is 13.0. The van der Waals surface area contributed by atoms with Gasteiger partial charge in [0.1, 0.15) is 5.75 Å². The van der Waals surface area contributed by atoms with Crippen LogP contribution in [-0.2, 0) is 11.3 Å². The van der Waals surface area contributed by atoms with Gasteiger partial charge >= 0.3 is 5.97 Å². The van der Waals surface area contributed by atoms with E-state index in [1.165, 1.54) is 11.3 Å². The lowest BCUT2D eigenvalue weighted by Gasteiger charge is -2.05. The van der Waals surface area contributed by atoms with E-state index in [2.05, 4.69) is 4.99 Å². The van der Waals surface area contributed by atoms with Crippen LogP contribution in [0.15, 0.2) is 23.2 Å². The maximum absolute atomic E-state index is 10.6. The number of hydrogen-bond donors (Lipinski definition) is 2. The van der Waals surface area contributed by atoms with Crippen LogP contribution in [0.4, 0.5) is 5.69 Å². The number of carboxylic acid groups (broad SMARTS) is 1. The Morgan fingerprint density at radius 2 is 2.19 bits per heavy atom. The van der Waals surface area contributed by atoms with Crippen molar-refractivity contribution in [2.24, 2.45) is 4.99 Å². The van der Waals surface area contributed by atoms with E-state index in [-0.39, 0.29) is 12.3 Å². The molecular weight excluding hydrogens is 384 g/mol. The molecule has 1 aliphatic heterocycles. The van der Waals surface area contributed by atoms with Crippen LogP contribution in [0.1, 0.15) is 36.1 Å². The zero-order valence-electron chi connectivity index (χ0n) is 14.8. The summed E-state index contributed by atoms with van der Waals surface area (Å²) in [6.07, 6.45) is 5.98. The van der Waals surface area contributed by atoms with E-state index in [4.69, 9.17) is 22.1 Å². The van der Waals surface area contributed by atoms with Gasteiger partial charge in [-0.2, -0.15) is 0 Å². The van der Waals surface area contributed by atoms with Gasteiger partial charge < -0.3 is 14.9 Å². The van der Waals surface area contributed by atoms with Crippen molar-refractivity contribution >= 4 is 53.1 Å². The average molecular weight is 405 g/mol. The molecule has 2 aromatic rings. The quantitative estimate of drug-likeness (QED) is 0.483. The summed E-state index contributed by atoms with van der Waals surface area (Å²) in [6, 6.07) is 5.68. The van der Waals surface area contributed by atoms with Crippen molar-refractivity contribution in [3.63, 3.8) is 0 Å². The summed E-state index contributed by atoms with van der Waals surface area (Å²) in [5, 5.41) is 19.2. The first kappa shape index (κ1) is 19.3. The SMILES string of the molecule is COc1ccc2c(c1)C(=Cc1sc(=S)n(CCCCCC(=O)O)c1O)C=N2. The zero-order valence-corrected chi connectivity index (χ0v) is 16.5. The van der Waals surface area contributed by atoms with Gasteiger partial charge in [-0.3, -0.25) is 14.4 Å². The number of allylic oxidation sites excluding steroid dienone is 1. The van der Waals surface area contributed by atoms with E-state index >= 15 is 0 Å². The fraction of sp³-hybridized carbons (Fsp3) is 0.316. The average Bonchev–Trinajstić information content (AvgIpc) is 3.16. The van der Waals surface area contributed by atoms with Crippen LogP contribution in [0, 0.1) is 3.95 Å². The van der Waals surface area contributed by atoms with Crippen molar-refractivity contribution in [1.29, 1.82) is 0 Å². The van der Waals surface area contributed by atoms with Gasteiger partial charge in [0.25, 0.3) is 0 Å². The normalized spacial score (nSPS) is 13.9. The molecule has 1 aliphatic rings. The number of fused-ring (bicyclic) bond motifs is 1. The number of ether oxygens (including phenoxy) is 1. The minimum atomic E-state index is -0.783. The molecule has 0 bridgehead atoms. The number of carbonyl (C=O) groups is 1. The van der Waals surface area contributed by atoms with Gasteiger partial charge in [-0.15, -0.1) is 11.3 Å². The van der Waals surface area contributed by atoms with E-state index in [1.54, 1.807) is 17.9 Å². The molecule has 27 heavy (non-hydrogen) atoms. The van der Waals surface area contributed by atoms with Crippen molar-refractivity contribution in [3.05, 3.63) is 32.6 Å². The Labute approximate surface area is 166 Å². The van der Waals surface area contributed by atoms with Gasteiger partial charge in [0.15, 0.2) is 3.95 Å². The number of benzene rings is 1. The van der Waals surface area contributed by atoms with E-state index in [1.807, 2.05) is 24.3 Å². The molecule has 1 aromatic carbocycles. The van der Waals surface area contributed by atoms with Crippen molar-refractivity contribution in [1.82, 2.24) is 4.57 Å². The maximum atomic E-state index is 10.6. The van der Waals surface area contributed by atoms with Crippen molar-refractivity contribution in [2.45, 2.75) is 32.2 Å². The zero-order chi connectivity index (χ0) is 19.4. The number of aliphatic carboxylic acids is 1. The Morgan fingerprint density at radius 1 is 1.37 bits per heavy atom. The molecule has 0 aliphatic carbocycles. The van der Waals surface area contributed by atoms with Gasteiger partial charge in [0.05, 0.1) is 17.7 Å². The van der Waals surface area contributed by atoms with Crippen LogP contribution >= 0.6 is 23.6 Å². The molecule has 0 fully saturated rings. The monoisotopic (exact) mass is 404 g/mol. The van der Waals surface area contributed by atoms with Crippen LogP contribution in [0.5, 0.6) is 11.6 Å². The summed E-state index contributed by atoms with van der Waals surface area (Å²) in [5.41, 5.74) is 2.71. The first-order valence-electron chi connectivity index (χ1n) is 8.58. The van der Waals surface area contributed by atoms with Crippen LogP contribution in [-0.4, -0.2) is 34.1 Å². The number of hydrogen-bond acceptors (Lipinski definition) is 6. The second kappa shape index (κ2) is 8.49. The third kappa shape index (κ3) is 4.45. The molecule has 6 nitrogen and oxygen atoms in total. The Bertz CT molecular complexity index is 973. The maximum Gasteiger partial charge on any atom is 0.303 e. The standard InChI is InChI=1S/C19H20N2O4S2/c1-25-13-6-7-15-14(10-13)12(11-20-15)9-16-18(24)21(19(26)27-16)8-4-2-3-5-17(22)23/h6-7,9-11,24H,2-5,8H2,1H3,(H,22,23). The predicted octanol–water partition coefficient (Wildman–Crippen LogP) is 4.89. The largest absolute Gasteiger partial charge is 0.497 e. The number of unbranched alkanes of at least 4 members (excludes halogenated alkanes) is 2. The summed E-state index contributed by atoms with van der Waals surface area (Å²) >= 11 is 6.73. The number of methoxy groups -OCH3 is 1. The Kier molecular flexibility index (Phi) is 6.08. The second-order valence-corrected chi connectivity index (χ2v) is 7.83. The molecule has 0 spiro atoms. The van der Waals surface area contributed by atoms with Gasteiger partial charge in [-0.1, -0.05) is 6.42 Å². The first-order valence-corrected chi connectivity index (χ1v) is 9.80. The molecule has 2 heterocycles. The van der Waals surface area contributed by atoms with Crippen LogP contribution in [0.25, 0.3) is 11.6 Å². The number of aromatic nitrogens is 1. The number of carboxylic acids is 1. The van der Waals surface area contributed by atoms with Crippen molar-refractivity contribution < 1.29 is 19.7 Å². The summed E-state index contributed by atoms with van der Waals surface area (Å²) in [4.78, 5) is 15.6. The smallest absolute Gasteiger partial charge is 0.303 e. The number of nitrogens with zero attached hydrogens (tertiary/aromatic N) is 2. The third-order valence-electron chi connectivity index (χ3n) is 4.31. The molecule has 0 saturated carbocycles. The van der Waals surface area contributed by atoms with Crippen molar-refractivity contribution in [3.8, 4) is 11.6 Å². The molecule has 0 saturated heterocycles. The van der Waals surface area contributed by atoms with Gasteiger partial charge in [0.2, 0.25) is 5.88 Å². The van der Waals surface area contributed by atoms with Gasteiger partial charge in [-0.25, -0.2) is 0 Å². The highest BCUT2D eigenvalue weighted by Gasteiger charge is 2.16. The van der Waals surface area contributed by atoms with Gasteiger partial charge in [0, 0.05) is 30.3 Å². The highest BCUT2D eigenvalue weighted by atomic mass is 32.1. The fourth-order valence-electron chi connectivity index (χ4n) is 2.88. The minimum absolute atomic E-state index is 0.139. The topological polar surface area (TPSA) is 84.0 Å². The lowest BCUT2D eigenvalue weighted by atomic mass is 10.1. The van der Waals surface area contributed by atoms with E-state index in [9.17, 15) is 9.90 Å². The Morgan fingerprint density at radius 3 is 2.93 bits per heavy atom. The number of thiazole rings is 1. The molecule has 0 radical (unpaired) electrons. The molecule has 0 unspecified atom stereocenters. The second-order valence-electron chi connectivity index (χ2n) is 6.15. The number of rotatable bonds is 8. The molecule has 0 atom stereocenters. The molecule has 8 heteroatoms. The van der Waals surface area contributed by atoms with E-state index in [0.29, 0.717) is 21.8 Å². The predicted molar refractivity (Wildman–Crippen MR) is 110 cm³/mol. The van der Waals surface area contributed by atoms with Crippen LogP contribution in [0.2, 0.25) is 0 Å². The summed E-state index contributed by atoms with van der Waals surface area (Å²) < 4.78 is 7.57. The fourth-order valence-corrected chi connectivity index (χ4v) is 4.19. The van der Waals surface area contributed by atoms with Crippen LogP contribution < -0.4 is 4.74 Å². The van der Waals surface area contributed by atoms with E-state index < -0.39 is 5.97 Å².